The van der Waals surface area contributed by atoms with Gasteiger partial charge in [0.1, 0.15) is 5.75 Å². The van der Waals surface area contributed by atoms with Gasteiger partial charge < -0.3 is 15.8 Å². The van der Waals surface area contributed by atoms with Gasteiger partial charge >= 0.3 is 6.18 Å². The van der Waals surface area contributed by atoms with Crippen molar-refractivity contribution < 1.29 is 22.7 Å². The first-order valence-corrected chi connectivity index (χ1v) is 7.69. The van der Waals surface area contributed by atoms with Gasteiger partial charge in [-0.05, 0) is 29.7 Å². The number of ether oxygens (including phenoxy) is 1. The van der Waals surface area contributed by atoms with Crippen LogP contribution in [0.5, 0.6) is 5.75 Å². The minimum absolute atomic E-state index is 0. The number of halogens is 4. The lowest BCUT2D eigenvalue weighted by molar-refractivity contribution is -0.153. The van der Waals surface area contributed by atoms with Gasteiger partial charge in [-0.1, -0.05) is 42.5 Å². The second kappa shape index (κ2) is 10.0. The summed E-state index contributed by atoms with van der Waals surface area (Å²) in [5.41, 5.74) is 7.45. The molecule has 0 fully saturated rings. The Balaban J connectivity index is 0.00000338. The van der Waals surface area contributed by atoms with Crippen LogP contribution in [0, 0.1) is 0 Å². The molecule has 0 heterocycles. The van der Waals surface area contributed by atoms with E-state index in [1.165, 1.54) is 12.1 Å². The number of hydrogen-bond donors (Lipinski definition) is 2. The maximum absolute atomic E-state index is 12.2. The minimum Gasteiger partial charge on any atom is -0.484 e. The molecule has 4 nitrogen and oxygen atoms in total. The van der Waals surface area contributed by atoms with Crippen molar-refractivity contribution in [1.29, 1.82) is 0 Å². The molecule has 0 saturated carbocycles. The van der Waals surface area contributed by atoms with Gasteiger partial charge in [-0.25, -0.2) is 0 Å². The summed E-state index contributed by atoms with van der Waals surface area (Å²) in [6.45, 7) is -1.20. The Morgan fingerprint density at radius 3 is 2.38 bits per heavy atom. The quantitative estimate of drug-likeness (QED) is 0.765. The van der Waals surface area contributed by atoms with Crippen LogP contribution in [0.1, 0.15) is 11.1 Å². The number of amides is 1. The number of carbonyl (C=O) groups excluding carboxylic acids is 1. The van der Waals surface area contributed by atoms with Crippen LogP contribution in [0.2, 0.25) is 0 Å². The van der Waals surface area contributed by atoms with Crippen LogP contribution in [-0.2, 0) is 17.8 Å². The summed E-state index contributed by atoms with van der Waals surface area (Å²) < 4.78 is 41.2. The number of hydrogen-bond acceptors (Lipinski definition) is 3. The summed E-state index contributed by atoms with van der Waals surface area (Å²) in [4.78, 5) is 12.0. The highest BCUT2D eigenvalue weighted by Gasteiger charge is 2.28. The largest absolute Gasteiger partial charge is 0.484 e. The van der Waals surface area contributed by atoms with Gasteiger partial charge in [0.25, 0.3) is 0 Å². The lowest BCUT2D eigenvalue weighted by Crippen LogP contribution is -2.41. The fourth-order valence-electron chi connectivity index (χ4n) is 2.19. The average molecular weight is 389 g/mol. The first-order chi connectivity index (χ1) is 11.8. The molecule has 0 aliphatic carbocycles. The highest BCUT2D eigenvalue weighted by atomic mass is 35.5. The van der Waals surface area contributed by atoms with E-state index in [1.807, 2.05) is 30.3 Å². The molecule has 0 aliphatic heterocycles. The average Bonchev–Trinajstić information content (AvgIpc) is 2.58. The fourth-order valence-corrected chi connectivity index (χ4v) is 2.19. The van der Waals surface area contributed by atoms with E-state index in [-0.39, 0.29) is 30.6 Å². The van der Waals surface area contributed by atoms with Crippen molar-refractivity contribution in [2.75, 3.05) is 6.61 Å². The monoisotopic (exact) mass is 388 g/mol. The molecule has 0 bridgehead atoms. The van der Waals surface area contributed by atoms with Gasteiger partial charge in [0, 0.05) is 6.54 Å². The van der Waals surface area contributed by atoms with Crippen LogP contribution in [0.25, 0.3) is 0 Å². The fraction of sp³-hybridized carbons (Fsp3) is 0.278. The summed E-state index contributed by atoms with van der Waals surface area (Å²) in [6.07, 6.45) is -3.99. The van der Waals surface area contributed by atoms with Gasteiger partial charge in [-0.15, -0.1) is 12.4 Å². The second-order valence-corrected chi connectivity index (χ2v) is 5.57. The van der Waals surface area contributed by atoms with E-state index >= 15 is 0 Å². The number of nitrogens with one attached hydrogen (secondary N) is 1. The molecule has 142 valence electrons. The zero-order valence-corrected chi connectivity index (χ0v) is 14.6. The van der Waals surface area contributed by atoms with Crippen molar-refractivity contribution in [2.45, 2.75) is 25.2 Å². The Morgan fingerprint density at radius 1 is 1.08 bits per heavy atom. The second-order valence-electron chi connectivity index (χ2n) is 5.57. The normalized spacial score (nSPS) is 12.0. The first-order valence-electron chi connectivity index (χ1n) is 7.69. The van der Waals surface area contributed by atoms with Crippen LogP contribution >= 0.6 is 12.4 Å². The van der Waals surface area contributed by atoms with E-state index < -0.39 is 18.8 Å². The molecule has 3 N–H and O–H groups in total. The lowest BCUT2D eigenvalue weighted by atomic mass is 10.1. The molecule has 0 radical (unpaired) electrons. The van der Waals surface area contributed by atoms with Crippen molar-refractivity contribution in [3.8, 4) is 5.75 Å². The van der Waals surface area contributed by atoms with Crippen molar-refractivity contribution in [2.24, 2.45) is 5.73 Å². The number of alkyl halides is 3. The third-order valence-electron chi connectivity index (χ3n) is 3.40. The smallest absolute Gasteiger partial charge is 0.422 e. The molecule has 1 amide bonds. The third kappa shape index (κ3) is 7.76. The van der Waals surface area contributed by atoms with Gasteiger partial charge in [0.05, 0.1) is 6.04 Å². The summed E-state index contributed by atoms with van der Waals surface area (Å²) >= 11 is 0. The highest BCUT2D eigenvalue weighted by Crippen LogP contribution is 2.19. The summed E-state index contributed by atoms with van der Waals surface area (Å²) in [5.74, 6) is -0.233. The number of nitrogens with two attached hydrogens (primary N) is 1. The van der Waals surface area contributed by atoms with Crippen LogP contribution in [0.3, 0.4) is 0 Å². The van der Waals surface area contributed by atoms with Gasteiger partial charge in [-0.2, -0.15) is 13.2 Å². The minimum atomic E-state index is -4.39. The predicted molar refractivity (Wildman–Crippen MR) is 95.2 cm³/mol. The predicted octanol–water partition coefficient (Wildman–Crippen LogP) is 3.24. The Kier molecular flexibility index (Phi) is 8.41. The van der Waals surface area contributed by atoms with Crippen LogP contribution in [-0.4, -0.2) is 24.7 Å². The number of benzene rings is 2. The lowest BCUT2D eigenvalue weighted by Gasteiger charge is -2.13. The number of carbonyl (C=O) groups is 1. The molecule has 2 aromatic carbocycles. The SMILES string of the molecule is Cl.NC(Cc1ccccc1)C(=O)NCc1cccc(OCC(F)(F)F)c1. The maximum Gasteiger partial charge on any atom is 0.422 e. The molecule has 2 aromatic rings. The molecule has 0 saturated heterocycles. The summed E-state index contributed by atoms with van der Waals surface area (Å²) in [7, 11) is 0. The molecule has 0 spiro atoms. The molecule has 1 unspecified atom stereocenters. The van der Waals surface area contributed by atoms with E-state index in [2.05, 4.69) is 10.1 Å². The zero-order valence-electron chi connectivity index (χ0n) is 13.8. The molecule has 8 heteroatoms. The van der Waals surface area contributed by atoms with E-state index in [9.17, 15) is 18.0 Å². The molecule has 0 aliphatic rings. The first kappa shape index (κ1) is 21.8. The van der Waals surface area contributed by atoms with Crippen molar-refractivity contribution in [1.82, 2.24) is 5.32 Å². The molecular weight excluding hydrogens is 369 g/mol. The van der Waals surface area contributed by atoms with E-state index in [4.69, 9.17) is 5.73 Å². The molecule has 0 aromatic heterocycles. The Morgan fingerprint density at radius 2 is 1.73 bits per heavy atom. The van der Waals surface area contributed by atoms with E-state index in [1.54, 1.807) is 12.1 Å². The van der Waals surface area contributed by atoms with Crippen molar-refractivity contribution in [3.63, 3.8) is 0 Å². The molecular formula is C18H20ClF3N2O2. The van der Waals surface area contributed by atoms with Crippen LogP contribution in [0.15, 0.2) is 54.6 Å². The van der Waals surface area contributed by atoms with Crippen LogP contribution in [0.4, 0.5) is 13.2 Å². The van der Waals surface area contributed by atoms with Crippen molar-refractivity contribution >= 4 is 18.3 Å². The van der Waals surface area contributed by atoms with Gasteiger partial charge in [-0.3, -0.25) is 4.79 Å². The Bertz CT molecular complexity index is 696. The molecule has 2 rings (SSSR count). The highest BCUT2D eigenvalue weighted by molar-refractivity contribution is 5.85. The van der Waals surface area contributed by atoms with Gasteiger partial charge in [0.15, 0.2) is 6.61 Å². The third-order valence-corrected chi connectivity index (χ3v) is 3.40. The van der Waals surface area contributed by atoms with E-state index in [0.29, 0.717) is 12.0 Å². The Labute approximate surface area is 155 Å². The summed E-state index contributed by atoms with van der Waals surface area (Å²) in [5, 5.41) is 2.68. The maximum atomic E-state index is 12.2. The summed E-state index contributed by atoms with van der Waals surface area (Å²) in [6, 6.07) is 14.8. The number of rotatable bonds is 7. The van der Waals surface area contributed by atoms with E-state index in [0.717, 1.165) is 5.56 Å². The van der Waals surface area contributed by atoms with Crippen molar-refractivity contribution in [3.05, 3.63) is 65.7 Å². The van der Waals surface area contributed by atoms with Gasteiger partial charge in [0.2, 0.25) is 5.91 Å². The molecule has 26 heavy (non-hydrogen) atoms. The van der Waals surface area contributed by atoms with Crippen LogP contribution < -0.4 is 15.8 Å². The topological polar surface area (TPSA) is 64.4 Å². The standard InChI is InChI=1S/C18H19F3N2O2.ClH/c19-18(20,21)12-25-15-8-4-7-14(9-15)11-23-17(24)16(22)10-13-5-2-1-3-6-13;/h1-9,16H,10-12,22H2,(H,23,24);1H. The molecule has 1 atom stereocenters. The zero-order chi connectivity index (χ0) is 18.3. The Hall–Kier alpha value is -2.25.